The second-order valence-electron chi connectivity index (χ2n) is 2.07. The van der Waals surface area contributed by atoms with E-state index in [4.69, 9.17) is 4.55 Å². The summed E-state index contributed by atoms with van der Waals surface area (Å²) < 4.78 is 72.9. The second-order valence-corrected chi connectivity index (χ2v) is 5.28. The predicted octanol–water partition coefficient (Wildman–Crippen LogP) is -1.72. The topological polar surface area (TPSA) is 144 Å². The van der Waals surface area contributed by atoms with Gasteiger partial charge in [0.15, 0.2) is 0 Å². The van der Waals surface area contributed by atoms with Gasteiger partial charge < -0.3 is 9.11 Å². The van der Waals surface area contributed by atoms with E-state index in [-0.39, 0.29) is 0 Å². The maximum absolute atomic E-state index is 10.3. The molecule has 0 aliphatic heterocycles. The highest BCUT2D eigenvalue weighted by atomic mass is 32.2. The first-order valence-electron chi connectivity index (χ1n) is 3.02. The summed E-state index contributed by atoms with van der Waals surface area (Å²) in [4.78, 5) is 0. The summed E-state index contributed by atoms with van der Waals surface area (Å²) >= 11 is -5.96. The molecule has 0 bridgehead atoms. The fraction of sp³-hybridized carbons (Fsp3) is 1.00. The van der Waals surface area contributed by atoms with Gasteiger partial charge >= 0.3 is 0 Å². The van der Waals surface area contributed by atoms with Gasteiger partial charge in [-0.1, -0.05) is 0 Å². The summed E-state index contributed by atoms with van der Waals surface area (Å²) in [7, 11) is -4.34. The van der Waals surface area contributed by atoms with Crippen molar-refractivity contribution >= 4 is 32.6 Å². The molecule has 3 unspecified atom stereocenters. The Morgan fingerprint density at radius 2 is 1.86 bits per heavy atom. The van der Waals surface area contributed by atoms with Crippen LogP contribution in [0.1, 0.15) is 6.42 Å². The van der Waals surface area contributed by atoms with Crippen molar-refractivity contribution in [3.05, 3.63) is 0 Å². The molecule has 0 fully saturated rings. The van der Waals surface area contributed by atoms with Crippen LogP contribution in [0.15, 0.2) is 0 Å². The molecule has 0 rings (SSSR count). The van der Waals surface area contributed by atoms with E-state index in [9.17, 15) is 25.9 Å². The molecule has 1 N–H and O–H groups in total. The third kappa shape index (κ3) is 7.49. The van der Waals surface area contributed by atoms with Crippen molar-refractivity contribution in [1.82, 2.24) is 0 Å². The molecule has 11 heteroatoms. The van der Waals surface area contributed by atoms with Gasteiger partial charge in [-0.05, 0) is 11.1 Å². The van der Waals surface area contributed by atoms with Gasteiger partial charge in [-0.25, -0.2) is 4.21 Å². The molecule has 0 saturated carbocycles. The first-order chi connectivity index (χ1) is 6.22. The molecule has 8 nitrogen and oxygen atoms in total. The Bertz CT molecular complexity index is 319. The largest absolute Gasteiger partial charge is 0.770 e. The molecule has 0 aromatic rings. The summed E-state index contributed by atoms with van der Waals surface area (Å²) in [5.74, 6) is -0.900. The molecule has 86 valence electrons. The van der Waals surface area contributed by atoms with Crippen LogP contribution < -0.4 is 0 Å². The lowest BCUT2D eigenvalue weighted by Gasteiger charge is -2.19. The Labute approximate surface area is 85.2 Å². The Hall–Kier alpha value is 0.0900. The van der Waals surface area contributed by atoms with E-state index in [0.29, 0.717) is 0 Å². The normalized spacial score (nSPS) is 18.8. The average molecular weight is 266 g/mol. The van der Waals surface area contributed by atoms with E-state index in [1.807, 2.05) is 0 Å². The van der Waals surface area contributed by atoms with Crippen molar-refractivity contribution in [1.29, 1.82) is 0 Å². The Kier molecular flexibility index (Phi) is 5.88. The van der Waals surface area contributed by atoms with Crippen molar-refractivity contribution in [3.63, 3.8) is 0 Å². The summed E-state index contributed by atoms with van der Waals surface area (Å²) in [5, 5.41) is 0. The van der Waals surface area contributed by atoms with Crippen LogP contribution in [0, 0.1) is 0 Å². The zero-order valence-electron chi connectivity index (χ0n) is 6.52. The van der Waals surface area contributed by atoms with Gasteiger partial charge in [-0.15, -0.1) is 0 Å². The van der Waals surface area contributed by atoms with Crippen LogP contribution in [0.2, 0.25) is 0 Å². The highest BCUT2D eigenvalue weighted by Crippen LogP contribution is 2.05. The van der Waals surface area contributed by atoms with Gasteiger partial charge in [0.2, 0.25) is 0 Å². The molecular formula is C3H6O8S3-2. The van der Waals surface area contributed by atoms with Crippen LogP contribution in [-0.2, 0) is 36.7 Å². The number of rotatable bonds is 6. The molecular weight excluding hydrogens is 260 g/mol. The maximum atomic E-state index is 10.3. The van der Waals surface area contributed by atoms with Crippen molar-refractivity contribution in [3.8, 4) is 0 Å². The van der Waals surface area contributed by atoms with Crippen LogP contribution in [0.4, 0.5) is 0 Å². The van der Waals surface area contributed by atoms with Gasteiger partial charge in [-0.3, -0.25) is 12.9 Å². The lowest BCUT2D eigenvalue weighted by atomic mass is 10.5. The highest BCUT2D eigenvalue weighted by Gasteiger charge is 2.15. The summed E-state index contributed by atoms with van der Waals surface area (Å²) in [6, 6.07) is 0. The molecule has 0 spiro atoms. The quantitative estimate of drug-likeness (QED) is 0.441. The lowest BCUT2D eigenvalue weighted by molar-refractivity contribution is 0.256. The van der Waals surface area contributed by atoms with Crippen LogP contribution in [0.3, 0.4) is 0 Å². The van der Waals surface area contributed by atoms with Crippen LogP contribution in [0.5, 0.6) is 0 Å². The first-order valence-corrected chi connectivity index (χ1v) is 6.76. The molecule has 0 aliphatic rings. The SMILES string of the molecule is O=S([O-])OC(CCS(=O)(=O)O)S(=O)[O-]. The minimum Gasteiger partial charge on any atom is -0.770 e. The first kappa shape index (κ1) is 14.1. The molecule has 14 heavy (non-hydrogen) atoms. The fourth-order valence-electron chi connectivity index (χ4n) is 0.509. The monoisotopic (exact) mass is 266 g/mol. The average Bonchev–Trinajstić information content (AvgIpc) is 1.94. The Morgan fingerprint density at radius 3 is 2.14 bits per heavy atom. The predicted molar refractivity (Wildman–Crippen MR) is 43.7 cm³/mol. The van der Waals surface area contributed by atoms with Crippen molar-refractivity contribution in [2.45, 2.75) is 11.9 Å². The van der Waals surface area contributed by atoms with E-state index < -0.39 is 50.2 Å². The van der Waals surface area contributed by atoms with Crippen molar-refractivity contribution in [2.24, 2.45) is 0 Å². The molecule has 0 radical (unpaired) electrons. The Morgan fingerprint density at radius 1 is 1.36 bits per heavy atom. The lowest BCUT2D eigenvalue weighted by Crippen LogP contribution is -2.23. The molecule has 0 aromatic heterocycles. The summed E-state index contributed by atoms with van der Waals surface area (Å²) in [6.07, 6.45) is -0.664. The molecule has 0 amide bonds. The highest BCUT2D eigenvalue weighted by molar-refractivity contribution is 7.85. The minimum absolute atomic E-state index is 0.664. The van der Waals surface area contributed by atoms with Gasteiger partial charge in [0.05, 0.1) is 17.1 Å². The smallest absolute Gasteiger partial charge is 0.264 e. The molecule has 3 atom stereocenters. The van der Waals surface area contributed by atoms with Crippen LogP contribution in [0.25, 0.3) is 0 Å². The summed E-state index contributed by atoms with van der Waals surface area (Å²) in [6.45, 7) is 0. The maximum Gasteiger partial charge on any atom is 0.264 e. The minimum atomic E-state index is -4.34. The molecule has 0 heterocycles. The molecule has 0 saturated heterocycles. The van der Waals surface area contributed by atoms with Gasteiger partial charge in [0.25, 0.3) is 10.1 Å². The van der Waals surface area contributed by atoms with E-state index in [0.717, 1.165) is 0 Å². The van der Waals surface area contributed by atoms with E-state index in [1.54, 1.807) is 0 Å². The molecule has 0 aliphatic carbocycles. The fourth-order valence-corrected chi connectivity index (χ4v) is 2.20. The van der Waals surface area contributed by atoms with Crippen molar-refractivity contribution in [2.75, 3.05) is 5.75 Å². The number of hydrogen-bond acceptors (Lipinski definition) is 7. The van der Waals surface area contributed by atoms with Crippen LogP contribution >= 0.6 is 0 Å². The zero-order valence-corrected chi connectivity index (χ0v) is 8.97. The standard InChI is InChI=1S/C3H8O8S3/c4-12(5)3(11-13(6)7)1-2-14(8,9)10/h3H,1-2H2,(H,4,5)(H,6,7)(H,8,9,10)/p-2. The van der Waals surface area contributed by atoms with Gasteiger partial charge in [0, 0.05) is 6.42 Å². The second kappa shape index (κ2) is 5.85. The third-order valence-electron chi connectivity index (χ3n) is 1.01. The summed E-state index contributed by atoms with van der Waals surface area (Å²) in [5.41, 5.74) is -1.81. The zero-order chi connectivity index (χ0) is 11.4. The molecule has 0 aromatic carbocycles. The van der Waals surface area contributed by atoms with Gasteiger partial charge in [-0.2, -0.15) is 8.42 Å². The van der Waals surface area contributed by atoms with Crippen molar-refractivity contribution < 1.29 is 34.7 Å². The number of hydrogen-bond donors (Lipinski definition) is 1. The van der Waals surface area contributed by atoms with Gasteiger partial charge in [0.1, 0.15) is 5.44 Å². The van der Waals surface area contributed by atoms with E-state index in [1.165, 1.54) is 0 Å². The van der Waals surface area contributed by atoms with E-state index in [2.05, 4.69) is 4.18 Å². The Balaban J connectivity index is 4.25. The van der Waals surface area contributed by atoms with Crippen LogP contribution in [-0.4, -0.2) is 41.7 Å². The van der Waals surface area contributed by atoms with E-state index >= 15 is 0 Å². The third-order valence-corrected chi connectivity index (χ3v) is 3.04.